The van der Waals surface area contributed by atoms with E-state index in [0.29, 0.717) is 5.13 Å². The Hall–Kier alpha value is -1.99. The van der Waals surface area contributed by atoms with Gasteiger partial charge in [0.2, 0.25) is 16.9 Å². The highest BCUT2D eigenvalue weighted by Gasteiger charge is 2.28. The fourth-order valence-corrected chi connectivity index (χ4v) is 3.13. The molecule has 0 aliphatic rings. The maximum absolute atomic E-state index is 12.6. The summed E-state index contributed by atoms with van der Waals surface area (Å²) >= 11 is 7.10. The second-order valence-corrected chi connectivity index (χ2v) is 7.89. The Labute approximate surface area is 162 Å². The van der Waals surface area contributed by atoms with Gasteiger partial charge in [0.25, 0.3) is 0 Å². The Kier molecular flexibility index (Phi) is 7.11. The molecule has 2 aromatic rings. The average Bonchev–Trinajstić information content (AvgIpc) is 3.07. The van der Waals surface area contributed by atoms with Crippen LogP contribution in [0, 0.1) is 12.8 Å². The fraction of sp³-hybridized carbons (Fsp3) is 0.444. The second kappa shape index (κ2) is 9.09. The summed E-state index contributed by atoms with van der Waals surface area (Å²) in [4.78, 5) is 24.5. The molecular formula is C18H23ClN4O2S. The molecular weight excluding hydrogens is 372 g/mol. The lowest BCUT2D eigenvalue weighted by Gasteiger charge is -2.23. The first-order chi connectivity index (χ1) is 12.3. The zero-order valence-electron chi connectivity index (χ0n) is 15.2. The molecule has 2 amide bonds. The average molecular weight is 395 g/mol. The van der Waals surface area contributed by atoms with Gasteiger partial charge in [-0.2, -0.15) is 0 Å². The molecule has 140 valence electrons. The van der Waals surface area contributed by atoms with Crippen LogP contribution in [0.15, 0.2) is 24.3 Å². The second-order valence-electron chi connectivity index (χ2n) is 6.26. The van der Waals surface area contributed by atoms with E-state index in [1.807, 2.05) is 45.0 Å². The summed E-state index contributed by atoms with van der Waals surface area (Å²) in [6.07, 6.45) is 0.736. The lowest BCUT2D eigenvalue weighted by Crippen LogP contribution is -2.49. The van der Waals surface area contributed by atoms with Gasteiger partial charge < -0.3 is 5.32 Å². The minimum absolute atomic E-state index is 0.0430. The molecule has 1 aromatic heterocycles. The van der Waals surface area contributed by atoms with E-state index in [-0.39, 0.29) is 17.7 Å². The van der Waals surface area contributed by atoms with Crippen LogP contribution in [0.25, 0.3) is 10.6 Å². The molecule has 0 spiro atoms. The lowest BCUT2D eigenvalue weighted by molar-refractivity contribution is -0.127. The number of halogens is 1. The standard InChI is InChI=1S/C18H23ClN4O2S/c1-5-11(3)14(20-15(24)12(4)19)16(25)21-18-23-22-17(26-18)13-8-6-7-10(2)9-13/h6-9,11-12,14H,5H2,1-4H3,(H,20,24)(H,21,23,25)/t11-,12+,14-/m0/s1. The number of hydrogen-bond donors (Lipinski definition) is 2. The van der Waals surface area contributed by atoms with Gasteiger partial charge in [0, 0.05) is 5.56 Å². The number of anilines is 1. The summed E-state index contributed by atoms with van der Waals surface area (Å²) in [6.45, 7) is 7.44. The number of nitrogens with one attached hydrogen (secondary N) is 2. The van der Waals surface area contributed by atoms with Crippen LogP contribution in [0.1, 0.15) is 32.8 Å². The van der Waals surface area contributed by atoms with Crippen LogP contribution < -0.4 is 10.6 Å². The Balaban J connectivity index is 2.12. The van der Waals surface area contributed by atoms with Crippen molar-refractivity contribution in [3.8, 4) is 10.6 Å². The van der Waals surface area contributed by atoms with Gasteiger partial charge in [-0.15, -0.1) is 21.8 Å². The van der Waals surface area contributed by atoms with Crippen molar-refractivity contribution >= 4 is 39.9 Å². The van der Waals surface area contributed by atoms with Crippen LogP contribution in [0.2, 0.25) is 0 Å². The quantitative estimate of drug-likeness (QED) is 0.702. The summed E-state index contributed by atoms with van der Waals surface area (Å²) in [5.41, 5.74) is 2.07. The molecule has 2 N–H and O–H groups in total. The van der Waals surface area contributed by atoms with Gasteiger partial charge in [-0.05, 0) is 25.8 Å². The molecule has 2 rings (SSSR count). The van der Waals surface area contributed by atoms with Gasteiger partial charge in [-0.25, -0.2) is 0 Å². The highest BCUT2D eigenvalue weighted by atomic mass is 35.5. The van der Waals surface area contributed by atoms with E-state index in [4.69, 9.17) is 11.6 Å². The van der Waals surface area contributed by atoms with Crippen LogP contribution in [-0.4, -0.2) is 33.4 Å². The summed E-state index contributed by atoms with van der Waals surface area (Å²) in [6, 6.07) is 7.23. The van der Waals surface area contributed by atoms with Crippen molar-refractivity contribution in [1.29, 1.82) is 0 Å². The Morgan fingerprint density at radius 1 is 1.23 bits per heavy atom. The molecule has 0 aliphatic heterocycles. The minimum atomic E-state index is -0.705. The maximum atomic E-state index is 12.6. The molecule has 0 saturated carbocycles. The number of aromatic nitrogens is 2. The van der Waals surface area contributed by atoms with E-state index in [9.17, 15) is 9.59 Å². The summed E-state index contributed by atoms with van der Waals surface area (Å²) < 4.78 is 0. The predicted octanol–water partition coefficient (Wildman–Crippen LogP) is 3.61. The van der Waals surface area contributed by atoms with Crippen molar-refractivity contribution in [3.05, 3.63) is 29.8 Å². The molecule has 26 heavy (non-hydrogen) atoms. The van der Waals surface area contributed by atoms with Crippen molar-refractivity contribution in [2.75, 3.05) is 5.32 Å². The molecule has 1 heterocycles. The van der Waals surface area contributed by atoms with E-state index in [1.165, 1.54) is 11.3 Å². The number of hydrogen-bond acceptors (Lipinski definition) is 5. The third-order valence-electron chi connectivity index (χ3n) is 4.07. The summed E-state index contributed by atoms with van der Waals surface area (Å²) in [7, 11) is 0. The van der Waals surface area contributed by atoms with Gasteiger partial charge in [0.15, 0.2) is 0 Å². The van der Waals surface area contributed by atoms with Crippen molar-refractivity contribution in [1.82, 2.24) is 15.5 Å². The lowest BCUT2D eigenvalue weighted by atomic mass is 9.98. The Morgan fingerprint density at radius 3 is 2.58 bits per heavy atom. The number of aryl methyl sites for hydroxylation is 1. The van der Waals surface area contributed by atoms with E-state index < -0.39 is 11.4 Å². The van der Waals surface area contributed by atoms with E-state index in [0.717, 1.165) is 22.6 Å². The normalized spacial score (nSPS) is 14.3. The van der Waals surface area contributed by atoms with Crippen molar-refractivity contribution in [3.63, 3.8) is 0 Å². The van der Waals surface area contributed by atoms with E-state index in [1.54, 1.807) is 6.92 Å². The van der Waals surface area contributed by atoms with Crippen LogP contribution in [0.5, 0.6) is 0 Å². The van der Waals surface area contributed by atoms with Gasteiger partial charge in [-0.1, -0.05) is 55.4 Å². The molecule has 3 atom stereocenters. The van der Waals surface area contributed by atoms with E-state index in [2.05, 4.69) is 20.8 Å². The summed E-state index contributed by atoms with van der Waals surface area (Å²) in [5, 5.41) is 14.1. The highest BCUT2D eigenvalue weighted by molar-refractivity contribution is 7.18. The molecule has 0 fully saturated rings. The number of amides is 2. The molecule has 0 unspecified atom stereocenters. The first-order valence-corrected chi connectivity index (χ1v) is 9.73. The number of alkyl halides is 1. The molecule has 0 bridgehead atoms. The number of rotatable bonds is 7. The molecule has 0 radical (unpaired) electrons. The zero-order chi connectivity index (χ0) is 19.3. The van der Waals surface area contributed by atoms with Gasteiger partial charge >= 0.3 is 0 Å². The van der Waals surface area contributed by atoms with Crippen LogP contribution >= 0.6 is 22.9 Å². The monoisotopic (exact) mass is 394 g/mol. The Morgan fingerprint density at radius 2 is 1.96 bits per heavy atom. The highest BCUT2D eigenvalue weighted by Crippen LogP contribution is 2.27. The predicted molar refractivity (Wildman–Crippen MR) is 105 cm³/mol. The summed E-state index contributed by atoms with van der Waals surface area (Å²) in [5.74, 6) is -0.736. The van der Waals surface area contributed by atoms with Crippen LogP contribution in [0.4, 0.5) is 5.13 Å². The van der Waals surface area contributed by atoms with Crippen LogP contribution in [-0.2, 0) is 9.59 Å². The molecule has 1 aromatic carbocycles. The molecule has 0 aliphatic carbocycles. The van der Waals surface area contributed by atoms with Gasteiger partial charge in [0.05, 0.1) is 0 Å². The number of benzene rings is 1. The SMILES string of the molecule is CC[C@H](C)[C@H](NC(=O)[C@@H](C)Cl)C(=O)Nc1nnc(-c2cccc(C)c2)s1. The third kappa shape index (κ3) is 5.25. The molecule has 0 saturated heterocycles. The van der Waals surface area contributed by atoms with Crippen LogP contribution in [0.3, 0.4) is 0 Å². The van der Waals surface area contributed by atoms with Gasteiger partial charge in [-0.3, -0.25) is 14.9 Å². The van der Waals surface area contributed by atoms with Gasteiger partial charge in [0.1, 0.15) is 16.4 Å². The largest absolute Gasteiger partial charge is 0.343 e. The zero-order valence-corrected chi connectivity index (χ0v) is 16.8. The first kappa shape index (κ1) is 20.3. The minimum Gasteiger partial charge on any atom is -0.343 e. The van der Waals surface area contributed by atoms with Crippen molar-refractivity contribution < 1.29 is 9.59 Å². The Bertz CT molecular complexity index is 778. The number of nitrogens with zero attached hydrogens (tertiary/aromatic N) is 2. The van der Waals surface area contributed by atoms with Crippen molar-refractivity contribution in [2.45, 2.75) is 45.5 Å². The number of carbonyl (C=O) groups excluding carboxylic acids is 2. The molecule has 8 heteroatoms. The molecule has 6 nitrogen and oxygen atoms in total. The fourth-order valence-electron chi connectivity index (χ4n) is 2.32. The topological polar surface area (TPSA) is 84.0 Å². The number of carbonyl (C=O) groups is 2. The van der Waals surface area contributed by atoms with Crippen molar-refractivity contribution in [2.24, 2.45) is 5.92 Å². The van der Waals surface area contributed by atoms with E-state index >= 15 is 0 Å². The first-order valence-electron chi connectivity index (χ1n) is 8.47. The smallest absolute Gasteiger partial charge is 0.249 e. The maximum Gasteiger partial charge on any atom is 0.249 e. The third-order valence-corrected chi connectivity index (χ3v) is 5.16.